The molecule has 2 rings (SSSR count). The summed E-state index contributed by atoms with van der Waals surface area (Å²) in [7, 11) is 0. The van der Waals surface area contributed by atoms with Gasteiger partial charge in [-0.25, -0.2) is 0 Å². The van der Waals surface area contributed by atoms with Gasteiger partial charge >= 0.3 is 0 Å². The van der Waals surface area contributed by atoms with Crippen LogP contribution in [-0.2, 0) is 0 Å². The van der Waals surface area contributed by atoms with Crippen LogP contribution in [0, 0.1) is 0 Å². The zero-order chi connectivity index (χ0) is 12.6. The molecule has 2 aromatic rings. The molecule has 0 N–H and O–H groups in total. The standard InChI is InChI=1S/C12H16N4S2/c17-9-5-2-6-10-18-12-13-14-15-16(12)11-7-3-1-4-8-11/h1,3-4,7-8,17H,2,5-6,9-10H2. The Morgan fingerprint density at radius 3 is 2.72 bits per heavy atom. The van der Waals surface area contributed by atoms with Crippen molar-refractivity contribution < 1.29 is 0 Å². The number of unbranched alkanes of at least 4 members (excludes halogenated alkanes) is 2. The van der Waals surface area contributed by atoms with E-state index in [-0.39, 0.29) is 0 Å². The Balaban J connectivity index is 1.92. The highest BCUT2D eigenvalue weighted by atomic mass is 32.2. The average Bonchev–Trinajstić information content (AvgIpc) is 2.88. The van der Waals surface area contributed by atoms with Gasteiger partial charge in [0, 0.05) is 5.75 Å². The highest BCUT2D eigenvalue weighted by molar-refractivity contribution is 7.99. The molecule has 1 heterocycles. The Kier molecular flexibility index (Phi) is 5.54. The van der Waals surface area contributed by atoms with Crippen molar-refractivity contribution in [1.29, 1.82) is 0 Å². The predicted octanol–water partition coefficient (Wildman–Crippen LogP) is 2.85. The van der Waals surface area contributed by atoms with Crippen LogP contribution < -0.4 is 0 Å². The summed E-state index contributed by atoms with van der Waals surface area (Å²) >= 11 is 5.90. The van der Waals surface area contributed by atoms with Crippen LogP contribution in [0.1, 0.15) is 19.3 Å². The third-order valence-corrected chi connectivity index (χ3v) is 3.80. The molecular weight excluding hydrogens is 264 g/mol. The molecule has 0 amide bonds. The number of hydrogen-bond donors (Lipinski definition) is 1. The van der Waals surface area contributed by atoms with Gasteiger partial charge in [-0.1, -0.05) is 36.4 Å². The van der Waals surface area contributed by atoms with Crippen molar-refractivity contribution >= 4 is 24.4 Å². The molecular formula is C12H16N4S2. The van der Waals surface area contributed by atoms with E-state index in [0.717, 1.165) is 22.3 Å². The minimum Gasteiger partial charge on any atom is -0.188 e. The Morgan fingerprint density at radius 1 is 1.11 bits per heavy atom. The summed E-state index contributed by atoms with van der Waals surface area (Å²) < 4.78 is 1.78. The van der Waals surface area contributed by atoms with Crippen molar-refractivity contribution in [1.82, 2.24) is 20.2 Å². The summed E-state index contributed by atoms with van der Waals surface area (Å²) in [5.74, 6) is 2.01. The van der Waals surface area contributed by atoms with Crippen molar-refractivity contribution in [2.24, 2.45) is 0 Å². The molecule has 0 spiro atoms. The van der Waals surface area contributed by atoms with E-state index in [1.165, 1.54) is 19.3 Å². The number of aromatic nitrogens is 4. The summed E-state index contributed by atoms with van der Waals surface area (Å²) in [6.45, 7) is 0. The summed E-state index contributed by atoms with van der Waals surface area (Å²) in [4.78, 5) is 0. The fraction of sp³-hybridized carbons (Fsp3) is 0.417. The summed E-state index contributed by atoms with van der Waals surface area (Å²) in [5.41, 5.74) is 1.00. The van der Waals surface area contributed by atoms with E-state index < -0.39 is 0 Å². The van der Waals surface area contributed by atoms with E-state index in [4.69, 9.17) is 0 Å². The lowest BCUT2D eigenvalue weighted by Gasteiger charge is -2.03. The first-order valence-corrected chi connectivity index (χ1v) is 7.61. The molecule has 0 atom stereocenters. The quantitative estimate of drug-likeness (QED) is 0.481. The second-order valence-electron chi connectivity index (χ2n) is 3.84. The van der Waals surface area contributed by atoms with Crippen LogP contribution in [0.5, 0.6) is 0 Å². The Labute approximate surface area is 117 Å². The number of hydrogen-bond acceptors (Lipinski definition) is 5. The van der Waals surface area contributed by atoms with Gasteiger partial charge in [0.15, 0.2) is 0 Å². The van der Waals surface area contributed by atoms with Crippen LogP contribution in [0.15, 0.2) is 35.5 Å². The largest absolute Gasteiger partial charge is 0.214 e. The number of nitrogens with zero attached hydrogens (tertiary/aromatic N) is 4. The van der Waals surface area contributed by atoms with Crippen LogP contribution in [-0.4, -0.2) is 31.7 Å². The molecule has 0 bridgehead atoms. The summed E-state index contributed by atoms with van der Waals surface area (Å²) in [6, 6.07) is 9.96. The van der Waals surface area contributed by atoms with Gasteiger partial charge in [0.2, 0.25) is 5.16 Å². The molecule has 0 radical (unpaired) electrons. The Hall–Kier alpha value is -1.01. The normalized spacial score (nSPS) is 10.7. The van der Waals surface area contributed by atoms with E-state index in [0.29, 0.717) is 0 Å². The molecule has 96 valence electrons. The van der Waals surface area contributed by atoms with Gasteiger partial charge in [0.25, 0.3) is 0 Å². The second kappa shape index (κ2) is 7.43. The van der Waals surface area contributed by atoms with Gasteiger partial charge in [-0.15, -0.1) is 5.10 Å². The molecule has 18 heavy (non-hydrogen) atoms. The molecule has 0 aliphatic rings. The number of thiol groups is 1. The lowest BCUT2D eigenvalue weighted by Crippen LogP contribution is -1.98. The van der Waals surface area contributed by atoms with Crippen molar-refractivity contribution in [3.8, 4) is 5.69 Å². The van der Waals surface area contributed by atoms with Gasteiger partial charge in [-0.3, -0.25) is 0 Å². The third kappa shape index (κ3) is 3.74. The van der Waals surface area contributed by atoms with Crippen molar-refractivity contribution in [2.75, 3.05) is 11.5 Å². The molecule has 1 aromatic heterocycles. The second-order valence-corrected chi connectivity index (χ2v) is 5.35. The van der Waals surface area contributed by atoms with Crippen LogP contribution >= 0.6 is 24.4 Å². The molecule has 0 aliphatic heterocycles. The first-order chi connectivity index (χ1) is 8.92. The summed E-state index contributed by atoms with van der Waals surface area (Å²) in [5, 5.41) is 12.7. The lowest BCUT2D eigenvalue weighted by atomic mass is 10.3. The van der Waals surface area contributed by atoms with Crippen LogP contribution in [0.3, 0.4) is 0 Å². The topological polar surface area (TPSA) is 43.6 Å². The van der Waals surface area contributed by atoms with E-state index in [1.807, 2.05) is 30.3 Å². The maximum Gasteiger partial charge on any atom is 0.214 e. The molecule has 6 heteroatoms. The van der Waals surface area contributed by atoms with E-state index in [2.05, 4.69) is 28.2 Å². The number of rotatable bonds is 7. The third-order valence-electron chi connectivity index (χ3n) is 2.48. The van der Waals surface area contributed by atoms with Gasteiger partial charge in [0.05, 0.1) is 5.69 Å². The molecule has 0 unspecified atom stereocenters. The van der Waals surface area contributed by atoms with Crippen LogP contribution in [0.4, 0.5) is 0 Å². The Bertz CT molecular complexity index is 458. The number of thioether (sulfide) groups is 1. The maximum atomic E-state index is 4.20. The van der Waals surface area contributed by atoms with Gasteiger partial charge in [-0.2, -0.15) is 17.3 Å². The van der Waals surface area contributed by atoms with Gasteiger partial charge in [0.1, 0.15) is 0 Å². The van der Waals surface area contributed by atoms with Crippen LogP contribution in [0.2, 0.25) is 0 Å². The first-order valence-electron chi connectivity index (χ1n) is 5.99. The minimum atomic E-state index is 0.854. The molecule has 1 aromatic carbocycles. The zero-order valence-electron chi connectivity index (χ0n) is 10.1. The molecule has 4 nitrogen and oxygen atoms in total. The highest BCUT2D eigenvalue weighted by Crippen LogP contribution is 2.19. The monoisotopic (exact) mass is 280 g/mol. The fourth-order valence-electron chi connectivity index (χ4n) is 1.55. The smallest absolute Gasteiger partial charge is 0.188 e. The predicted molar refractivity (Wildman–Crippen MR) is 77.6 cm³/mol. The van der Waals surface area contributed by atoms with Gasteiger partial charge < -0.3 is 0 Å². The van der Waals surface area contributed by atoms with E-state index in [9.17, 15) is 0 Å². The molecule has 0 saturated carbocycles. The minimum absolute atomic E-state index is 0.854. The lowest BCUT2D eigenvalue weighted by molar-refractivity contribution is 0.752. The molecule has 0 saturated heterocycles. The Morgan fingerprint density at radius 2 is 1.94 bits per heavy atom. The average molecular weight is 280 g/mol. The van der Waals surface area contributed by atoms with Crippen LogP contribution in [0.25, 0.3) is 5.69 Å². The molecule has 0 fully saturated rings. The first kappa shape index (κ1) is 13.4. The number of tetrazole rings is 1. The number of para-hydroxylation sites is 1. The fourth-order valence-corrected chi connectivity index (χ4v) is 2.67. The summed E-state index contributed by atoms with van der Waals surface area (Å²) in [6.07, 6.45) is 3.56. The van der Waals surface area contributed by atoms with Crippen molar-refractivity contribution in [3.63, 3.8) is 0 Å². The van der Waals surface area contributed by atoms with Crippen molar-refractivity contribution in [2.45, 2.75) is 24.4 Å². The maximum absolute atomic E-state index is 4.20. The number of benzene rings is 1. The SMILES string of the molecule is SCCCCCSc1nnnn1-c1ccccc1. The van der Waals surface area contributed by atoms with E-state index >= 15 is 0 Å². The zero-order valence-corrected chi connectivity index (χ0v) is 11.8. The van der Waals surface area contributed by atoms with E-state index in [1.54, 1.807) is 16.4 Å². The molecule has 0 aliphatic carbocycles. The van der Waals surface area contributed by atoms with Gasteiger partial charge in [-0.05, 0) is 41.2 Å². The van der Waals surface area contributed by atoms with Crippen molar-refractivity contribution in [3.05, 3.63) is 30.3 Å². The highest BCUT2D eigenvalue weighted by Gasteiger charge is 2.07.